The molecule has 4 aromatic rings. The molecule has 0 fully saturated rings. The molecule has 3 aromatic heterocycles. The lowest BCUT2D eigenvalue weighted by atomic mass is 10.1. The van der Waals surface area contributed by atoms with Gasteiger partial charge in [-0.1, -0.05) is 6.07 Å². The van der Waals surface area contributed by atoms with Gasteiger partial charge in [-0.05, 0) is 49.4 Å². The van der Waals surface area contributed by atoms with Gasteiger partial charge in [-0.15, -0.1) is 0 Å². The quantitative estimate of drug-likeness (QED) is 0.603. The number of halogens is 1. The number of carbonyl (C=O) groups is 1. The summed E-state index contributed by atoms with van der Waals surface area (Å²) in [5.41, 5.74) is 4.15. The minimum atomic E-state index is -0.535. The Kier molecular flexibility index (Phi) is 4.12. The molecule has 0 aliphatic rings. The van der Waals surface area contributed by atoms with Crippen molar-refractivity contribution in [3.63, 3.8) is 0 Å². The number of aromatic nitrogens is 4. The van der Waals surface area contributed by atoms with Gasteiger partial charge in [-0.25, -0.2) is 9.37 Å². The molecular formula is C20H16FN5O. The molecule has 0 saturated carbocycles. The Balaban J connectivity index is 1.62. The van der Waals surface area contributed by atoms with E-state index in [4.69, 9.17) is 0 Å². The van der Waals surface area contributed by atoms with Crippen molar-refractivity contribution in [1.29, 1.82) is 0 Å². The third kappa shape index (κ3) is 3.27. The molecule has 1 aromatic carbocycles. The van der Waals surface area contributed by atoms with Crippen LogP contribution in [-0.4, -0.2) is 25.7 Å². The molecule has 0 aliphatic heterocycles. The number of nitrogens with zero attached hydrogens (tertiary/aromatic N) is 4. The standard InChI is InChI=1S/C20H16FN5O/c1-12-3-5-18-17(23-12)8-7-15(24-18)13-4-6-16(14(21)11-13)25-20(27)19-9-10-22-26(19)2/h3-11H,1-2H3,(H,25,27). The number of hydrogen-bond acceptors (Lipinski definition) is 4. The maximum absolute atomic E-state index is 14.5. The second kappa shape index (κ2) is 6.60. The van der Waals surface area contributed by atoms with Crippen LogP contribution in [0.1, 0.15) is 16.2 Å². The van der Waals surface area contributed by atoms with Crippen LogP contribution in [0, 0.1) is 12.7 Å². The maximum Gasteiger partial charge on any atom is 0.273 e. The first-order valence-electron chi connectivity index (χ1n) is 8.35. The van der Waals surface area contributed by atoms with Gasteiger partial charge in [0.25, 0.3) is 5.91 Å². The monoisotopic (exact) mass is 361 g/mol. The van der Waals surface area contributed by atoms with E-state index in [1.807, 2.05) is 25.1 Å². The molecule has 6 nitrogen and oxygen atoms in total. The molecule has 7 heteroatoms. The van der Waals surface area contributed by atoms with Crippen LogP contribution in [0.25, 0.3) is 22.3 Å². The largest absolute Gasteiger partial charge is 0.318 e. The van der Waals surface area contributed by atoms with E-state index < -0.39 is 11.7 Å². The molecule has 3 heterocycles. The Bertz CT molecular complexity index is 1170. The minimum Gasteiger partial charge on any atom is -0.318 e. The van der Waals surface area contributed by atoms with Crippen molar-refractivity contribution in [1.82, 2.24) is 19.7 Å². The minimum absolute atomic E-state index is 0.100. The van der Waals surface area contributed by atoms with Crippen LogP contribution in [0.4, 0.5) is 10.1 Å². The average molecular weight is 361 g/mol. The Labute approximate surface area is 154 Å². The van der Waals surface area contributed by atoms with E-state index in [-0.39, 0.29) is 5.69 Å². The van der Waals surface area contributed by atoms with Gasteiger partial charge in [0, 0.05) is 24.5 Å². The first-order valence-corrected chi connectivity index (χ1v) is 8.35. The molecule has 0 saturated heterocycles. The number of nitrogens with one attached hydrogen (secondary N) is 1. The summed E-state index contributed by atoms with van der Waals surface area (Å²) in [6.45, 7) is 1.92. The Morgan fingerprint density at radius 3 is 2.56 bits per heavy atom. The molecule has 27 heavy (non-hydrogen) atoms. The van der Waals surface area contributed by atoms with Crippen LogP contribution in [0.2, 0.25) is 0 Å². The van der Waals surface area contributed by atoms with Crippen molar-refractivity contribution in [2.45, 2.75) is 6.92 Å². The summed E-state index contributed by atoms with van der Waals surface area (Å²) in [5, 5.41) is 6.50. The fourth-order valence-electron chi connectivity index (χ4n) is 2.83. The summed E-state index contributed by atoms with van der Waals surface area (Å²) in [4.78, 5) is 21.2. The molecule has 0 radical (unpaired) electrons. The molecule has 0 aliphatic carbocycles. The van der Waals surface area contributed by atoms with Crippen LogP contribution >= 0.6 is 0 Å². The molecule has 4 rings (SSSR count). The maximum atomic E-state index is 14.5. The second-order valence-corrected chi connectivity index (χ2v) is 6.18. The van der Waals surface area contributed by atoms with Gasteiger partial charge in [0.05, 0.1) is 22.4 Å². The molecule has 134 valence electrons. The summed E-state index contributed by atoms with van der Waals surface area (Å²) in [6.07, 6.45) is 1.51. The lowest BCUT2D eigenvalue weighted by molar-refractivity contribution is 0.101. The predicted octanol–water partition coefficient (Wildman–Crippen LogP) is 3.73. The summed E-state index contributed by atoms with van der Waals surface area (Å²) < 4.78 is 16.0. The van der Waals surface area contributed by atoms with Crippen molar-refractivity contribution < 1.29 is 9.18 Å². The van der Waals surface area contributed by atoms with Crippen molar-refractivity contribution in [2.24, 2.45) is 7.05 Å². The normalized spacial score (nSPS) is 10.9. The van der Waals surface area contributed by atoms with Gasteiger partial charge >= 0.3 is 0 Å². The fraction of sp³-hybridized carbons (Fsp3) is 0.100. The smallest absolute Gasteiger partial charge is 0.273 e. The molecular weight excluding hydrogens is 345 g/mol. The Morgan fingerprint density at radius 2 is 1.81 bits per heavy atom. The zero-order valence-electron chi connectivity index (χ0n) is 14.8. The third-order valence-electron chi connectivity index (χ3n) is 4.25. The molecule has 0 unspecified atom stereocenters. The van der Waals surface area contributed by atoms with Gasteiger partial charge in [0.2, 0.25) is 0 Å². The van der Waals surface area contributed by atoms with Crippen LogP contribution in [0.15, 0.2) is 54.7 Å². The second-order valence-electron chi connectivity index (χ2n) is 6.18. The van der Waals surface area contributed by atoms with Gasteiger partial charge in [-0.3, -0.25) is 14.5 Å². The number of pyridine rings is 2. The number of benzene rings is 1. The molecule has 0 atom stereocenters. The lowest BCUT2D eigenvalue weighted by Gasteiger charge is -2.09. The van der Waals surface area contributed by atoms with Crippen molar-refractivity contribution in [2.75, 3.05) is 5.32 Å². The highest BCUT2D eigenvalue weighted by Gasteiger charge is 2.13. The summed E-state index contributed by atoms with van der Waals surface area (Å²) in [5.74, 6) is -0.959. The number of aryl methyl sites for hydroxylation is 2. The summed E-state index contributed by atoms with van der Waals surface area (Å²) in [6, 6.07) is 13.6. The highest BCUT2D eigenvalue weighted by Crippen LogP contribution is 2.25. The summed E-state index contributed by atoms with van der Waals surface area (Å²) in [7, 11) is 1.65. The van der Waals surface area contributed by atoms with E-state index in [1.165, 1.54) is 23.0 Å². The highest BCUT2D eigenvalue weighted by atomic mass is 19.1. The molecule has 1 N–H and O–H groups in total. The first kappa shape index (κ1) is 16.8. The molecule has 0 spiro atoms. The van der Waals surface area contributed by atoms with E-state index in [0.717, 1.165) is 16.7 Å². The average Bonchev–Trinajstić information content (AvgIpc) is 3.09. The number of fused-ring (bicyclic) bond motifs is 1. The molecule has 1 amide bonds. The van der Waals surface area contributed by atoms with Gasteiger partial charge < -0.3 is 5.32 Å². The number of hydrogen-bond donors (Lipinski definition) is 1. The zero-order chi connectivity index (χ0) is 19.0. The van der Waals surface area contributed by atoms with E-state index >= 15 is 0 Å². The van der Waals surface area contributed by atoms with E-state index in [9.17, 15) is 9.18 Å². The van der Waals surface area contributed by atoms with Crippen molar-refractivity contribution >= 4 is 22.6 Å². The van der Waals surface area contributed by atoms with Crippen LogP contribution in [-0.2, 0) is 7.05 Å². The van der Waals surface area contributed by atoms with Gasteiger partial charge in [0.1, 0.15) is 11.5 Å². The SMILES string of the molecule is Cc1ccc2nc(-c3ccc(NC(=O)c4ccnn4C)c(F)c3)ccc2n1. The molecule has 0 bridgehead atoms. The van der Waals surface area contributed by atoms with Crippen LogP contribution < -0.4 is 5.32 Å². The third-order valence-corrected chi connectivity index (χ3v) is 4.25. The summed E-state index contributed by atoms with van der Waals surface area (Å²) >= 11 is 0. The number of rotatable bonds is 3. The van der Waals surface area contributed by atoms with E-state index in [1.54, 1.807) is 25.2 Å². The van der Waals surface area contributed by atoms with E-state index in [2.05, 4.69) is 20.4 Å². The van der Waals surface area contributed by atoms with E-state index in [0.29, 0.717) is 17.0 Å². The van der Waals surface area contributed by atoms with Crippen LogP contribution in [0.5, 0.6) is 0 Å². The number of anilines is 1. The zero-order valence-corrected chi connectivity index (χ0v) is 14.8. The Hall–Kier alpha value is -3.61. The lowest BCUT2D eigenvalue weighted by Crippen LogP contribution is -2.16. The fourth-order valence-corrected chi connectivity index (χ4v) is 2.83. The highest BCUT2D eigenvalue weighted by molar-refractivity contribution is 6.03. The van der Waals surface area contributed by atoms with Gasteiger partial charge in [0.15, 0.2) is 0 Å². The number of carbonyl (C=O) groups excluding carboxylic acids is 1. The first-order chi connectivity index (χ1) is 13.0. The topological polar surface area (TPSA) is 72.7 Å². The Morgan fingerprint density at radius 1 is 1.04 bits per heavy atom. The van der Waals surface area contributed by atoms with Crippen LogP contribution in [0.3, 0.4) is 0 Å². The van der Waals surface area contributed by atoms with Gasteiger partial charge in [-0.2, -0.15) is 5.10 Å². The number of amides is 1. The van der Waals surface area contributed by atoms with Crippen molar-refractivity contribution in [3.05, 3.63) is 71.9 Å². The van der Waals surface area contributed by atoms with Crippen molar-refractivity contribution in [3.8, 4) is 11.3 Å². The predicted molar refractivity (Wildman–Crippen MR) is 101 cm³/mol.